The van der Waals surface area contributed by atoms with Crippen molar-refractivity contribution in [2.24, 2.45) is 0 Å². The minimum absolute atomic E-state index is 0.142. The van der Waals surface area contributed by atoms with Crippen molar-refractivity contribution >= 4 is 10.0 Å². The molecule has 0 radical (unpaired) electrons. The molecule has 7 nitrogen and oxygen atoms in total. The van der Waals surface area contributed by atoms with E-state index in [9.17, 15) is 8.42 Å². The van der Waals surface area contributed by atoms with Crippen LogP contribution in [-0.4, -0.2) is 49.3 Å². The van der Waals surface area contributed by atoms with Crippen LogP contribution in [0.25, 0.3) is 0 Å². The molecule has 0 bridgehead atoms. The minimum Gasteiger partial charge on any atom is -0.340 e. The summed E-state index contributed by atoms with van der Waals surface area (Å²) in [6.45, 7) is 3.77. The third-order valence-corrected chi connectivity index (χ3v) is 3.70. The van der Waals surface area contributed by atoms with Crippen molar-refractivity contribution in [3.05, 3.63) is 11.7 Å². The number of nitrogens with zero attached hydrogens (tertiary/aromatic N) is 3. The molecule has 2 rings (SSSR count). The standard InChI is InChI=1S/C10H18N4O3S/c1-8-12-10(13-17-8)9-4-3-6-14(9)7-5-11-18(2,15)16/h9,11H,3-7H2,1-2H3. The van der Waals surface area contributed by atoms with Crippen LogP contribution in [0.3, 0.4) is 0 Å². The molecule has 2 heterocycles. The summed E-state index contributed by atoms with van der Waals surface area (Å²) in [6, 6.07) is 0.142. The highest BCUT2D eigenvalue weighted by atomic mass is 32.2. The van der Waals surface area contributed by atoms with E-state index in [-0.39, 0.29) is 6.04 Å². The van der Waals surface area contributed by atoms with E-state index in [1.165, 1.54) is 0 Å². The summed E-state index contributed by atoms with van der Waals surface area (Å²) >= 11 is 0. The molecule has 1 aromatic rings. The zero-order chi connectivity index (χ0) is 13.2. The second-order valence-corrected chi connectivity index (χ2v) is 6.37. The summed E-state index contributed by atoms with van der Waals surface area (Å²) in [5.74, 6) is 1.26. The van der Waals surface area contributed by atoms with Crippen LogP contribution in [0.4, 0.5) is 0 Å². The number of rotatable bonds is 5. The highest BCUT2D eigenvalue weighted by molar-refractivity contribution is 7.88. The van der Waals surface area contributed by atoms with E-state index in [1.807, 2.05) is 0 Å². The van der Waals surface area contributed by atoms with E-state index < -0.39 is 10.0 Å². The molecule has 1 N–H and O–H groups in total. The Morgan fingerprint density at radius 3 is 2.94 bits per heavy atom. The van der Waals surface area contributed by atoms with Crippen LogP contribution in [0.2, 0.25) is 0 Å². The first kappa shape index (κ1) is 13.4. The molecular weight excluding hydrogens is 256 g/mol. The number of hydrogen-bond acceptors (Lipinski definition) is 6. The molecule has 1 aliphatic heterocycles. The van der Waals surface area contributed by atoms with Crippen molar-refractivity contribution < 1.29 is 12.9 Å². The number of sulfonamides is 1. The third kappa shape index (κ3) is 3.50. The number of aromatic nitrogens is 2. The molecule has 1 atom stereocenters. The zero-order valence-corrected chi connectivity index (χ0v) is 11.4. The number of likely N-dealkylation sites (tertiary alicyclic amines) is 1. The maximum absolute atomic E-state index is 11.0. The lowest BCUT2D eigenvalue weighted by atomic mass is 10.2. The predicted octanol–water partition coefficient (Wildman–Crippen LogP) is 0.0641. The Morgan fingerprint density at radius 1 is 1.56 bits per heavy atom. The van der Waals surface area contributed by atoms with Crippen LogP contribution in [0.1, 0.15) is 30.6 Å². The summed E-state index contributed by atoms with van der Waals surface area (Å²) < 4.78 is 29.5. The average molecular weight is 274 g/mol. The van der Waals surface area contributed by atoms with E-state index in [2.05, 4.69) is 19.8 Å². The summed E-state index contributed by atoms with van der Waals surface area (Å²) in [5.41, 5.74) is 0. The Hall–Kier alpha value is -0.990. The minimum atomic E-state index is -3.12. The van der Waals surface area contributed by atoms with Crippen LogP contribution in [0.15, 0.2) is 4.52 Å². The third-order valence-electron chi connectivity index (χ3n) is 2.97. The molecule has 0 saturated carbocycles. The smallest absolute Gasteiger partial charge is 0.223 e. The fourth-order valence-electron chi connectivity index (χ4n) is 2.21. The quantitative estimate of drug-likeness (QED) is 0.817. The van der Waals surface area contributed by atoms with Crippen LogP contribution >= 0.6 is 0 Å². The largest absolute Gasteiger partial charge is 0.340 e. The summed E-state index contributed by atoms with van der Waals surface area (Å²) in [4.78, 5) is 6.42. The van der Waals surface area contributed by atoms with Gasteiger partial charge in [-0.2, -0.15) is 4.98 Å². The van der Waals surface area contributed by atoms with Gasteiger partial charge in [-0.3, -0.25) is 4.90 Å². The molecule has 18 heavy (non-hydrogen) atoms. The Balaban J connectivity index is 1.92. The summed E-state index contributed by atoms with van der Waals surface area (Å²) in [6.07, 6.45) is 3.21. The monoisotopic (exact) mass is 274 g/mol. The van der Waals surface area contributed by atoms with Gasteiger partial charge in [-0.25, -0.2) is 13.1 Å². The van der Waals surface area contributed by atoms with Crippen LogP contribution < -0.4 is 4.72 Å². The van der Waals surface area contributed by atoms with Gasteiger partial charge >= 0.3 is 0 Å². The van der Waals surface area contributed by atoms with Gasteiger partial charge in [0.25, 0.3) is 0 Å². The Kier molecular flexibility index (Phi) is 3.98. The highest BCUT2D eigenvalue weighted by Gasteiger charge is 2.29. The first-order chi connectivity index (χ1) is 8.46. The molecule has 102 valence electrons. The lowest BCUT2D eigenvalue weighted by Gasteiger charge is -2.21. The maximum Gasteiger partial charge on any atom is 0.223 e. The fourth-order valence-corrected chi connectivity index (χ4v) is 2.67. The Bertz CT molecular complexity index is 499. The molecule has 1 aromatic heterocycles. The van der Waals surface area contributed by atoms with Crippen molar-refractivity contribution in [3.63, 3.8) is 0 Å². The number of nitrogens with one attached hydrogen (secondary N) is 1. The van der Waals surface area contributed by atoms with Gasteiger partial charge in [-0.1, -0.05) is 5.16 Å². The molecule has 8 heteroatoms. The summed E-state index contributed by atoms with van der Waals surface area (Å²) in [7, 11) is -3.12. The van der Waals surface area contributed by atoms with E-state index in [1.54, 1.807) is 6.92 Å². The van der Waals surface area contributed by atoms with Crippen molar-refractivity contribution in [1.82, 2.24) is 19.8 Å². The van der Waals surface area contributed by atoms with Gasteiger partial charge in [0.05, 0.1) is 12.3 Å². The molecular formula is C10H18N4O3S. The van der Waals surface area contributed by atoms with Crippen LogP contribution in [0, 0.1) is 6.92 Å². The predicted molar refractivity (Wildman–Crippen MR) is 65.4 cm³/mol. The van der Waals surface area contributed by atoms with Crippen molar-refractivity contribution in [2.75, 3.05) is 25.9 Å². The van der Waals surface area contributed by atoms with Crippen LogP contribution in [-0.2, 0) is 10.0 Å². The highest BCUT2D eigenvalue weighted by Crippen LogP contribution is 2.29. The molecule has 0 aromatic carbocycles. The Morgan fingerprint density at radius 2 is 2.33 bits per heavy atom. The first-order valence-electron chi connectivity index (χ1n) is 5.94. The number of aryl methyl sites for hydroxylation is 1. The van der Waals surface area contributed by atoms with E-state index in [4.69, 9.17) is 4.52 Å². The SMILES string of the molecule is Cc1nc(C2CCCN2CCNS(C)(=O)=O)no1. The van der Waals surface area contributed by atoms with E-state index >= 15 is 0 Å². The molecule has 1 unspecified atom stereocenters. The first-order valence-corrected chi connectivity index (χ1v) is 7.84. The van der Waals surface area contributed by atoms with Crippen LogP contribution in [0.5, 0.6) is 0 Å². The zero-order valence-electron chi connectivity index (χ0n) is 10.6. The van der Waals surface area contributed by atoms with Gasteiger partial charge in [-0.05, 0) is 19.4 Å². The van der Waals surface area contributed by atoms with Gasteiger partial charge in [0, 0.05) is 20.0 Å². The van der Waals surface area contributed by atoms with Gasteiger partial charge in [-0.15, -0.1) is 0 Å². The molecule has 1 saturated heterocycles. The fraction of sp³-hybridized carbons (Fsp3) is 0.800. The topological polar surface area (TPSA) is 88.3 Å². The second-order valence-electron chi connectivity index (χ2n) is 4.53. The molecule has 0 spiro atoms. The van der Waals surface area contributed by atoms with Gasteiger partial charge < -0.3 is 4.52 Å². The lowest BCUT2D eigenvalue weighted by Crippen LogP contribution is -2.34. The van der Waals surface area contributed by atoms with Crippen molar-refractivity contribution in [3.8, 4) is 0 Å². The molecule has 1 aliphatic rings. The molecule has 0 aliphatic carbocycles. The lowest BCUT2D eigenvalue weighted by molar-refractivity contribution is 0.246. The molecule has 1 fully saturated rings. The van der Waals surface area contributed by atoms with E-state index in [0.29, 0.717) is 24.8 Å². The van der Waals surface area contributed by atoms with Gasteiger partial charge in [0.15, 0.2) is 5.82 Å². The number of hydrogen-bond donors (Lipinski definition) is 1. The van der Waals surface area contributed by atoms with Crippen molar-refractivity contribution in [2.45, 2.75) is 25.8 Å². The summed E-state index contributed by atoms with van der Waals surface area (Å²) in [5, 5.41) is 3.94. The maximum atomic E-state index is 11.0. The second kappa shape index (κ2) is 5.33. The molecule has 0 amide bonds. The normalized spacial score (nSPS) is 21.6. The van der Waals surface area contributed by atoms with Crippen molar-refractivity contribution in [1.29, 1.82) is 0 Å². The van der Waals surface area contributed by atoms with E-state index in [0.717, 1.165) is 25.6 Å². The van der Waals surface area contributed by atoms with Gasteiger partial charge in [0.1, 0.15) is 0 Å². The van der Waals surface area contributed by atoms with Gasteiger partial charge in [0.2, 0.25) is 15.9 Å². The average Bonchev–Trinajstić information content (AvgIpc) is 2.84. The Labute approximate surface area is 107 Å².